The summed E-state index contributed by atoms with van der Waals surface area (Å²) in [6.45, 7) is 5.86. The Morgan fingerprint density at radius 2 is 1.71 bits per heavy atom. The van der Waals surface area contributed by atoms with E-state index in [2.05, 4.69) is 0 Å². The molecule has 1 aromatic carbocycles. The molecule has 0 aliphatic heterocycles. The van der Waals surface area contributed by atoms with E-state index in [1.54, 1.807) is 12.1 Å². The van der Waals surface area contributed by atoms with Crippen LogP contribution in [0.2, 0.25) is 0 Å². The van der Waals surface area contributed by atoms with Crippen molar-refractivity contribution in [2.45, 2.75) is 38.2 Å². The number of primary sulfonamides is 1. The molecule has 0 heterocycles. The minimum Gasteiger partial charge on any atom is -0.392 e. The Bertz CT molecular complexity index is 471. The van der Waals surface area contributed by atoms with E-state index in [1.807, 2.05) is 20.8 Å². The number of benzene rings is 1. The van der Waals surface area contributed by atoms with Crippen molar-refractivity contribution >= 4 is 10.0 Å². The third kappa shape index (κ3) is 4.11. The van der Waals surface area contributed by atoms with Crippen molar-refractivity contribution in [3.63, 3.8) is 0 Å². The monoisotopic (exact) mass is 257 g/mol. The predicted molar refractivity (Wildman–Crippen MR) is 67.0 cm³/mol. The first-order chi connectivity index (χ1) is 7.60. The highest BCUT2D eigenvalue weighted by molar-refractivity contribution is 7.89. The molecule has 0 bridgehead atoms. The molecule has 17 heavy (non-hydrogen) atoms. The van der Waals surface area contributed by atoms with Crippen LogP contribution in [0.3, 0.4) is 0 Å². The zero-order chi connectivity index (χ0) is 13.3. The summed E-state index contributed by atoms with van der Waals surface area (Å²) in [5.74, 6) is 0. The second-order valence-electron chi connectivity index (χ2n) is 5.27. The summed E-state index contributed by atoms with van der Waals surface area (Å²) in [5.41, 5.74) is 0.693. The number of rotatable bonds is 3. The van der Waals surface area contributed by atoms with Gasteiger partial charge < -0.3 is 5.11 Å². The summed E-state index contributed by atoms with van der Waals surface area (Å²) in [7, 11) is -3.64. The molecular formula is C12H19NO3S. The van der Waals surface area contributed by atoms with E-state index in [9.17, 15) is 13.5 Å². The van der Waals surface area contributed by atoms with E-state index in [0.717, 1.165) is 5.56 Å². The quantitative estimate of drug-likeness (QED) is 0.856. The zero-order valence-electron chi connectivity index (χ0n) is 10.3. The molecule has 0 fully saturated rings. The Labute approximate surface area is 103 Å². The first-order valence-corrected chi connectivity index (χ1v) is 6.95. The lowest BCUT2D eigenvalue weighted by Crippen LogP contribution is -2.28. The first kappa shape index (κ1) is 14.2. The normalized spacial score (nSPS) is 14.6. The van der Waals surface area contributed by atoms with Crippen molar-refractivity contribution < 1.29 is 13.5 Å². The first-order valence-electron chi connectivity index (χ1n) is 5.40. The fourth-order valence-corrected chi connectivity index (χ4v) is 1.86. The third-order valence-electron chi connectivity index (χ3n) is 2.68. The molecule has 0 aliphatic carbocycles. The molecule has 5 heteroatoms. The van der Waals surface area contributed by atoms with Gasteiger partial charge in [-0.15, -0.1) is 0 Å². The maximum Gasteiger partial charge on any atom is 0.238 e. The molecule has 0 radical (unpaired) electrons. The molecule has 0 spiro atoms. The lowest BCUT2D eigenvalue weighted by atomic mass is 9.85. The van der Waals surface area contributed by atoms with Crippen LogP contribution in [0.5, 0.6) is 0 Å². The molecule has 0 amide bonds. The highest BCUT2D eigenvalue weighted by atomic mass is 32.2. The van der Waals surface area contributed by atoms with Gasteiger partial charge >= 0.3 is 0 Å². The van der Waals surface area contributed by atoms with Crippen LogP contribution in [0.25, 0.3) is 0 Å². The summed E-state index contributed by atoms with van der Waals surface area (Å²) in [4.78, 5) is 0.0894. The molecule has 1 aromatic rings. The maximum absolute atomic E-state index is 11.1. The van der Waals surface area contributed by atoms with Crippen molar-refractivity contribution in [3.8, 4) is 0 Å². The minimum absolute atomic E-state index is 0.0894. The Hall–Kier alpha value is -0.910. The van der Waals surface area contributed by atoms with E-state index in [4.69, 9.17) is 5.14 Å². The SMILES string of the molecule is CC(C)(C)C(O)Cc1ccc(S(N)(=O)=O)cc1. The largest absolute Gasteiger partial charge is 0.392 e. The van der Waals surface area contributed by atoms with Crippen molar-refractivity contribution in [1.82, 2.24) is 0 Å². The minimum atomic E-state index is -3.64. The molecule has 0 saturated carbocycles. The Balaban J connectivity index is 2.83. The van der Waals surface area contributed by atoms with E-state index in [-0.39, 0.29) is 10.3 Å². The Kier molecular flexibility index (Phi) is 3.96. The van der Waals surface area contributed by atoms with E-state index >= 15 is 0 Å². The lowest BCUT2D eigenvalue weighted by Gasteiger charge is -2.25. The van der Waals surface area contributed by atoms with Crippen LogP contribution in [0.4, 0.5) is 0 Å². The van der Waals surface area contributed by atoms with Gasteiger partial charge in [0, 0.05) is 0 Å². The summed E-state index contributed by atoms with van der Waals surface area (Å²) >= 11 is 0. The second-order valence-corrected chi connectivity index (χ2v) is 6.84. The molecule has 1 atom stereocenters. The summed E-state index contributed by atoms with van der Waals surface area (Å²) < 4.78 is 22.1. The van der Waals surface area contributed by atoms with Gasteiger partial charge in [-0.3, -0.25) is 0 Å². The number of aliphatic hydroxyl groups excluding tert-OH is 1. The van der Waals surface area contributed by atoms with Crippen LogP contribution >= 0.6 is 0 Å². The highest BCUT2D eigenvalue weighted by Crippen LogP contribution is 2.22. The molecule has 4 nitrogen and oxygen atoms in total. The van der Waals surface area contributed by atoms with Gasteiger partial charge in [0.1, 0.15) is 0 Å². The molecule has 3 N–H and O–H groups in total. The van der Waals surface area contributed by atoms with Crippen LogP contribution in [0.15, 0.2) is 29.2 Å². The van der Waals surface area contributed by atoms with Crippen molar-refractivity contribution in [2.24, 2.45) is 10.6 Å². The Morgan fingerprint density at radius 1 is 1.24 bits per heavy atom. The number of hydrogen-bond donors (Lipinski definition) is 2. The van der Waals surface area contributed by atoms with E-state index in [1.165, 1.54) is 12.1 Å². The predicted octanol–water partition coefficient (Wildman–Crippen LogP) is 1.28. The molecule has 1 rings (SSSR count). The second kappa shape index (κ2) is 4.76. The van der Waals surface area contributed by atoms with Gasteiger partial charge in [-0.25, -0.2) is 13.6 Å². The van der Waals surface area contributed by atoms with Gasteiger partial charge in [0.15, 0.2) is 0 Å². The van der Waals surface area contributed by atoms with Crippen molar-refractivity contribution in [1.29, 1.82) is 0 Å². The Morgan fingerprint density at radius 3 is 2.06 bits per heavy atom. The average molecular weight is 257 g/mol. The molecule has 96 valence electrons. The van der Waals surface area contributed by atoms with Crippen LogP contribution in [-0.2, 0) is 16.4 Å². The number of hydrogen-bond acceptors (Lipinski definition) is 3. The standard InChI is InChI=1S/C12H19NO3S/c1-12(2,3)11(14)8-9-4-6-10(7-5-9)17(13,15)16/h4-7,11,14H,8H2,1-3H3,(H2,13,15,16). The van der Waals surface area contributed by atoms with Crippen LogP contribution < -0.4 is 5.14 Å². The lowest BCUT2D eigenvalue weighted by molar-refractivity contribution is 0.0636. The van der Waals surface area contributed by atoms with Gasteiger partial charge in [-0.1, -0.05) is 32.9 Å². The molecule has 0 aliphatic rings. The summed E-state index contributed by atoms with van der Waals surface area (Å²) in [5, 5.41) is 14.9. The van der Waals surface area contributed by atoms with Crippen LogP contribution in [0.1, 0.15) is 26.3 Å². The maximum atomic E-state index is 11.1. The molecular weight excluding hydrogens is 238 g/mol. The fourth-order valence-electron chi connectivity index (χ4n) is 1.34. The topological polar surface area (TPSA) is 80.4 Å². The molecule has 0 saturated heterocycles. The fraction of sp³-hybridized carbons (Fsp3) is 0.500. The van der Waals surface area contributed by atoms with E-state index < -0.39 is 16.1 Å². The van der Waals surface area contributed by atoms with Crippen LogP contribution in [-0.4, -0.2) is 19.6 Å². The van der Waals surface area contributed by atoms with Gasteiger partial charge in [-0.2, -0.15) is 0 Å². The van der Waals surface area contributed by atoms with Crippen molar-refractivity contribution in [2.75, 3.05) is 0 Å². The van der Waals surface area contributed by atoms with Gasteiger partial charge in [0.25, 0.3) is 0 Å². The van der Waals surface area contributed by atoms with Gasteiger partial charge in [0.05, 0.1) is 11.0 Å². The molecule has 0 aromatic heterocycles. The third-order valence-corrected chi connectivity index (χ3v) is 3.61. The van der Waals surface area contributed by atoms with E-state index in [0.29, 0.717) is 6.42 Å². The van der Waals surface area contributed by atoms with Crippen molar-refractivity contribution in [3.05, 3.63) is 29.8 Å². The average Bonchev–Trinajstić information content (AvgIpc) is 2.15. The molecule has 1 unspecified atom stereocenters. The smallest absolute Gasteiger partial charge is 0.238 e. The summed E-state index contributed by atoms with van der Waals surface area (Å²) in [6.07, 6.45) is 0.0248. The van der Waals surface area contributed by atoms with Gasteiger partial charge in [0.2, 0.25) is 10.0 Å². The summed E-state index contributed by atoms with van der Waals surface area (Å²) in [6, 6.07) is 6.27. The number of sulfonamides is 1. The van der Waals surface area contributed by atoms with Crippen LogP contribution in [0, 0.1) is 5.41 Å². The number of aliphatic hydroxyl groups is 1. The highest BCUT2D eigenvalue weighted by Gasteiger charge is 2.22. The zero-order valence-corrected chi connectivity index (χ0v) is 11.2. The van der Waals surface area contributed by atoms with Gasteiger partial charge in [-0.05, 0) is 29.5 Å². The number of nitrogens with two attached hydrogens (primary N) is 1.